The Labute approximate surface area is 229 Å². The zero-order valence-electron chi connectivity index (χ0n) is 22.6. The van der Waals surface area contributed by atoms with Crippen molar-refractivity contribution in [1.82, 2.24) is 5.43 Å². The smallest absolute Gasteiger partial charge is 0.240 e. The van der Waals surface area contributed by atoms with Crippen LogP contribution in [0.5, 0.6) is 11.5 Å². The van der Waals surface area contributed by atoms with Crippen LogP contribution in [0.4, 0.5) is 0 Å². The molecule has 0 aliphatic carbocycles. The first kappa shape index (κ1) is 28.5. The quantitative estimate of drug-likeness (QED) is 0.221. The lowest BCUT2D eigenvalue weighted by Gasteiger charge is -2.28. The number of aromatic hydroxyl groups is 1. The van der Waals surface area contributed by atoms with Crippen LogP contribution < -0.4 is 10.2 Å². The predicted molar refractivity (Wildman–Crippen MR) is 154 cm³/mol. The van der Waals surface area contributed by atoms with Crippen molar-refractivity contribution in [3.05, 3.63) is 93.0 Å². The number of aryl methyl sites for hydroxylation is 1. The number of phenolic OH excluding ortho intramolecular Hbond substituents is 1. The van der Waals surface area contributed by atoms with Gasteiger partial charge in [-0.2, -0.15) is 5.10 Å². The highest BCUT2D eigenvalue weighted by atomic mass is 79.9. The summed E-state index contributed by atoms with van der Waals surface area (Å²) < 4.78 is 6.86. The van der Waals surface area contributed by atoms with Gasteiger partial charge in [-0.3, -0.25) is 4.79 Å². The number of nitrogens with zero attached hydrogens (tertiary/aromatic N) is 1. The summed E-state index contributed by atoms with van der Waals surface area (Å²) in [5, 5.41) is 15.0. The van der Waals surface area contributed by atoms with Crippen molar-refractivity contribution >= 4 is 28.1 Å². The van der Waals surface area contributed by atoms with Crippen LogP contribution in [0, 0.1) is 0 Å². The van der Waals surface area contributed by atoms with Crippen molar-refractivity contribution in [1.29, 1.82) is 0 Å². The van der Waals surface area contributed by atoms with Crippen molar-refractivity contribution in [3.63, 3.8) is 0 Å². The second kappa shape index (κ2) is 12.0. The molecule has 0 heterocycles. The molecule has 0 saturated carbocycles. The van der Waals surface area contributed by atoms with Crippen molar-refractivity contribution in [2.45, 2.75) is 71.8 Å². The molecule has 0 spiro atoms. The van der Waals surface area contributed by atoms with Crippen molar-refractivity contribution in [3.8, 4) is 11.5 Å². The minimum Gasteiger partial charge on any atom is -0.507 e. The second-order valence-electron chi connectivity index (χ2n) is 11.3. The van der Waals surface area contributed by atoms with E-state index < -0.39 is 0 Å². The number of carbonyl (C=O) groups is 1. The van der Waals surface area contributed by atoms with Crippen LogP contribution in [0.2, 0.25) is 0 Å². The molecule has 37 heavy (non-hydrogen) atoms. The minimum absolute atomic E-state index is 0.159. The number of benzene rings is 3. The number of nitrogens with one attached hydrogen (secondary N) is 1. The van der Waals surface area contributed by atoms with Gasteiger partial charge in [-0.05, 0) is 81.5 Å². The van der Waals surface area contributed by atoms with Gasteiger partial charge in [-0.25, -0.2) is 5.43 Å². The molecule has 0 unspecified atom stereocenters. The zero-order valence-corrected chi connectivity index (χ0v) is 24.1. The lowest BCUT2D eigenvalue weighted by Crippen LogP contribution is -2.20. The molecule has 3 aromatic carbocycles. The Hall–Kier alpha value is -3.12. The summed E-state index contributed by atoms with van der Waals surface area (Å²) in [6.07, 6.45) is 2.49. The van der Waals surface area contributed by atoms with Gasteiger partial charge in [0.2, 0.25) is 5.91 Å². The number of phenols is 1. The highest BCUT2D eigenvalue weighted by Crippen LogP contribution is 2.40. The molecule has 0 fully saturated rings. The Morgan fingerprint density at radius 3 is 2.03 bits per heavy atom. The molecule has 5 nitrogen and oxygen atoms in total. The number of rotatable bonds is 8. The molecule has 0 saturated heterocycles. The lowest BCUT2D eigenvalue weighted by atomic mass is 9.78. The van der Waals surface area contributed by atoms with Crippen LogP contribution in [0.3, 0.4) is 0 Å². The van der Waals surface area contributed by atoms with E-state index in [4.69, 9.17) is 4.74 Å². The maximum atomic E-state index is 12.4. The van der Waals surface area contributed by atoms with Gasteiger partial charge in [0, 0.05) is 10.9 Å². The van der Waals surface area contributed by atoms with Crippen LogP contribution in [-0.2, 0) is 28.7 Å². The maximum Gasteiger partial charge on any atom is 0.240 e. The Bertz CT molecular complexity index is 1200. The van der Waals surface area contributed by atoms with Gasteiger partial charge >= 0.3 is 0 Å². The van der Waals surface area contributed by atoms with E-state index in [0.717, 1.165) is 38.0 Å². The molecule has 196 valence electrons. The molecule has 1 amide bonds. The number of amides is 1. The Kier molecular flexibility index (Phi) is 9.19. The molecule has 0 aliphatic heterocycles. The highest BCUT2D eigenvalue weighted by molar-refractivity contribution is 9.10. The molecule has 0 bridgehead atoms. The minimum atomic E-state index is -0.202. The summed E-state index contributed by atoms with van der Waals surface area (Å²) in [6.45, 7) is 13.0. The van der Waals surface area contributed by atoms with E-state index in [1.165, 1.54) is 0 Å². The van der Waals surface area contributed by atoms with E-state index >= 15 is 0 Å². The molecular weight excluding hydrogens is 528 g/mol. The van der Waals surface area contributed by atoms with Gasteiger partial charge in [0.1, 0.15) is 18.1 Å². The molecule has 2 N–H and O–H groups in total. The number of hydrogen-bond acceptors (Lipinski definition) is 4. The maximum absolute atomic E-state index is 12.4. The number of ether oxygens (including phenoxy) is 1. The third-order valence-electron chi connectivity index (χ3n) is 6.03. The van der Waals surface area contributed by atoms with Crippen LogP contribution in [-0.4, -0.2) is 17.2 Å². The van der Waals surface area contributed by atoms with Gasteiger partial charge in [-0.1, -0.05) is 81.7 Å². The zero-order chi connectivity index (χ0) is 27.2. The number of carbonyl (C=O) groups excluding carboxylic acids is 1. The number of halogens is 1. The Balaban J connectivity index is 1.54. The fourth-order valence-electron chi connectivity index (χ4n) is 3.87. The molecular formula is C31H37BrN2O3. The molecule has 0 aromatic heterocycles. The second-order valence-corrected chi connectivity index (χ2v) is 12.2. The van der Waals surface area contributed by atoms with Gasteiger partial charge in [0.05, 0.1) is 6.21 Å². The van der Waals surface area contributed by atoms with E-state index in [-0.39, 0.29) is 16.7 Å². The van der Waals surface area contributed by atoms with Gasteiger partial charge in [-0.15, -0.1) is 0 Å². The molecule has 6 heteroatoms. The summed E-state index contributed by atoms with van der Waals surface area (Å²) >= 11 is 3.43. The monoisotopic (exact) mass is 564 g/mol. The van der Waals surface area contributed by atoms with Crippen LogP contribution in [0.25, 0.3) is 0 Å². The fraction of sp³-hybridized carbons (Fsp3) is 0.355. The van der Waals surface area contributed by atoms with Crippen molar-refractivity contribution in [2.24, 2.45) is 5.10 Å². The van der Waals surface area contributed by atoms with Crippen LogP contribution in [0.1, 0.15) is 75.8 Å². The average molecular weight is 566 g/mol. The number of hydrazone groups is 1. The van der Waals surface area contributed by atoms with E-state index in [2.05, 4.69) is 68.0 Å². The molecule has 0 radical (unpaired) electrons. The first-order valence-corrected chi connectivity index (χ1v) is 13.3. The summed E-state index contributed by atoms with van der Waals surface area (Å²) in [5.41, 5.74) is 7.00. The molecule has 3 aromatic rings. The van der Waals surface area contributed by atoms with Crippen molar-refractivity contribution in [2.75, 3.05) is 0 Å². The van der Waals surface area contributed by atoms with E-state index in [0.29, 0.717) is 25.2 Å². The fourth-order valence-corrected chi connectivity index (χ4v) is 4.14. The number of hydrogen-bond donors (Lipinski definition) is 2. The van der Waals surface area contributed by atoms with E-state index in [9.17, 15) is 9.90 Å². The van der Waals surface area contributed by atoms with E-state index in [1.807, 2.05) is 60.7 Å². The van der Waals surface area contributed by atoms with Crippen LogP contribution >= 0.6 is 15.9 Å². The standard InChI is InChI=1S/C31H37BrN2O3/c1-30(2,3)26-17-23(18-27(29(26)36)31(4,5)6)11-16-28(35)34-33-19-21-9-14-25(15-10-21)37-20-22-7-12-24(32)13-8-22/h7-10,12-15,17-19,36H,11,16,20H2,1-6H3,(H,34,35)/b33-19-. The summed E-state index contributed by atoms with van der Waals surface area (Å²) in [5.74, 6) is 0.957. The third-order valence-corrected chi connectivity index (χ3v) is 6.56. The largest absolute Gasteiger partial charge is 0.507 e. The Morgan fingerprint density at radius 2 is 1.49 bits per heavy atom. The topological polar surface area (TPSA) is 70.9 Å². The molecule has 3 rings (SSSR count). The summed E-state index contributed by atoms with van der Waals surface area (Å²) in [7, 11) is 0. The lowest BCUT2D eigenvalue weighted by molar-refractivity contribution is -0.121. The average Bonchev–Trinajstić information content (AvgIpc) is 2.82. The van der Waals surface area contributed by atoms with Gasteiger partial charge in [0.15, 0.2) is 0 Å². The van der Waals surface area contributed by atoms with Crippen molar-refractivity contribution < 1.29 is 14.6 Å². The third kappa shape index (κ3) is 8.46. The first-order valence-electron chi connectivity index (χ1n) is 12.5. The first-order chi connectivity index (χ1) is 17.3. The van der Waals surface area contributed by atoms with E-state index in [1.54, 1.807) is 6.21 Å². The van der Waals surface area contributed by atoms with Gasteiger partial charge in [0.25, 0.3) is 0 Å². The summed E-state index contributed by atoms with van der Waals surface area (Å²) in [6, 6.07) is 19.6. The predicted octanol–water partition coefficient (Wildman–Crippen LogP) is 7.41. The highest BCUT2D eigenvalue weighted by Gasteiger charge is 2.26. The molecule has 0 aliphatic rings. The Morgan fingerprint density at radius 1 is 0.919 bits per heavy atom. The normalized spacial score (nSPS) is 12.1. The van der Waals surface area contributed by atoms with Crippen LogP contribution in [0.15, 0.2) is 70.2 Å². The SMILES string of the molecule is CC(C)(C)c1cc(CCC(=O)N/N=C\c2ccc(OCc3ccc(Br)cc3)cc2)cc(C(C)(C)C)c1O. The summed E-state index contributed by atoms with van der Waals surface area (Å²) in [4.78, 5) is 12.4. The molecule has 0 atom stereocenters. The van der Waals surface area contributed by atoms with Gasteiger partial charge < -0.3 is 9.84 Å².